The summed E-state index contributed by atoms with van der Waals surface area (Å²) >= 11 is 0. The molecule has 5 heteroatoms. The van der Waals surface area contributed by atoms with Gasteiger partial charge in [0.05, 0.1) is 45.0 Å². The van der Waals surface area contributed by atoms with E-state index in [0.29, 0.717) is 6.54 Å². The maximum Gasteiger partial charge on any atom is 0.275 e. The van der Waals surface area contributed by atoms with E-state index in [9.17, 15) is 4.79 Å². The number of amides is 1. The second-order valence-electron chi connectivity index (χ2n) is 7.80. The molecule has 1 aliphatic carbocycles. The highest BCUT2D eigenvalue weighted by Crippen LogP contribution is 2.29. The fraction of sp³-hybridized carbons (Fsp3) is 0.435. The molecule has 1 atom stereocenters. The zero-order valence-corrected chi connectivity index (χ0v) is 16.6. The maximum atomic E-state index is 12.7. The van der Waals surface area contributed by atoms with Crippen LogP contribution in [0.25, 0.3) is 0 Å². The highest BCUT2D eigenvalue weighted by atomic mass is 16.5. The number of piperazine rings is 1. The van der Waals surface area contributed by atoms with Crippen molar-refractivity contribution in [1.29, 1.82) is 0 Å². The fourth-order valence-corrected chi connectivity index (χ4v) is 4.51. The largest absolute Gasteiger partial charge is 0.495 e. The molecule has 0 saturated carbocycles. The molecule has 1 fully saturated rings. The van der Waals surface area contributed by atoms with Gasteiger partial charge in [0.1, 0.15) is 5.75 Å². The minimum Gasteiger partial charge on any atom is -0.495 e. The highest BCUT2D eigenvalue weighted by molar-refractivity contribution is 5.77. The lowest BCUT2D eigenvalue weighted by atomic mass is 9.88. The Morgan fingerprint density at radius 2 is 1.89 bits per heavy atom. The highest BCUT2D eigenvalue weighted by Gasteiger charge is 2.26. The van der Waals surface area contributed by atoms with Crippen molar-refractivity contribution in [3.05, 3.63) is 59.7 Å². The van der Waals surface area contributed by atoms with Crippen molar-refractivity contribution in [2.75, 3.05) is 44.7 Å². The van der Waals surface area contributed by atoms with Crippen LogP contribution in [0.15, 0.2) is 48.5 Å². The molecule has 28 heavy (non-hydrogen) atoms. The number of nitrogens with zero attached hydrogens (tertiary/aromatic N) is 1. The van der Waals surface area contributed by atoms with Crippen LogP contribution in [0, 0.1) is 0 Å². The van der Waals surface area contributed by atoms with E-state index >= 15 is 0 Å². The molecule has 2 aromatic rings. The third kappa shape index (κ3) is 4.14. The van der Waals surface area contributed by atoms with Gasteiger partial charge in [0.25, 0.3) is 5.91 Å². The number of hydrogen-bond acceptors (Lipinski definition) is 3. The molecule has 4 rings (SSSR count). The first-order chi connectivity index (χ1) is 13.7. The van der Waals surface area contributed by atoms with Crippen LogP contribution in [-0.4, -0.2) is 45.7 Å². The Morgan fingerprint density at radius 1 is 1.14 bits per heavy atom. The number of para-hydroxylation sites is 2. The Morgan fingerprint density at radius 3 is 2.71 bits per heavy atom. The number of ether oxygens (including phenoxy) is 1. The minimum atomic E-state index is 0.169. The second-order valence-corrected chi connectivity index (χ2v) is 7.80. The van der Waals surface area contributed by atoms with Crippen molar-refractivity contribution in [2.24, 2.45) is 0 Å². The van der Waals surface area contributed by atoms with Crippen LogP contribution in [0.2, 0.25) is 0 Å². The Bertz CT molecular complexity index is 815. The van der Waals surface area contributed by atoms with Crippen molar-refractivity contribution in [3.8, 4) is 5.75 Å². The second kappa shape index (κ2) is 8.65. The van der Waals surface area contributed by atoms with Crippen molar-refractivity contribution in [2.45, 2.75) is 25.3 Å². The monoisotopic (exact) mass is 380 g/mol. The topological polar surface area (TPSA) is 46.0 Å². The number of methoxy groups -OCH3 is 1. The van der Waals surface area contributed by atoms with Gasteiger partial charge in [0.2, 0.25) is 0 Å². The van der Waals surface area contributed by atoms with E-state index in [2.05, 4.69) is 40.5 Å². The van der Waals surface area contributed by atoms with Crippen molar-refractivity contribution >= 4 is 11.6 Å². The number of benzene rings is 2. The molecule has 0 unspecified atom stereocenters. The van der Waals surface area contributed by atoms with Crippen LogP contribution in [0.3, 0.4) is 0 Å². The average Bonchev–Trinajstić information content (AvgIpc) is 2.74. The van der Waals surface area contributed by atoms with Crippen LogP contribution >= 0.6 is 0 Å². The molecule has 148 valence electrons. The van der Waals surface area contributed by atoms with Gasteiger partial charge in [0, 0.05) is 0 Å². The fourth-order valence-electron chi connectivity index (χ4n) is 4.51. The standard InChI is InChI=1S/C23H29N3O2/c1-28-22-12-5-4-11-21(22)26-15-13-25(14-16-26)17-23(27)24-20-10-6-8-18-7-2-3-9-19(18)20/h2-5,7,9,11-12,20H,6,8,10,13-17H2,1H3,(H,24,27)/p+1/t20-/m1/s1. The summed E-state index contributed by atoms with van der Waals surface area (Å²) in [7, 11) is 1.72. The van der Waals surface area contributed by atoms with E-state index in [1.807, 2.05) is 18.2 Å². The summed E-state index contributed by atoms with van der Waals surface area (Å²) in [6.45, 7) is 4.36. The number of quaternary nitrogens is 1. The number of fused-ring (bicyclic) bond motifs is 1. The smallest absolute Gasteiger partial charge is 0.275 e. The van der Waals surface area contributed by atoms with E-state index in [-0.39, 0.29) is 11.9 Å². The van der Waals surface area contributed by atoms with E-state index in [4.69, 9.17) is 4.74 Å². The molecule has 1 saturated heterocycles. The van der Waals surface area contributed by atoms with Gasteiger partial charge < -0.3 is 19.9 Å². The Kier molecular flexibility index (Phi) is 5.81. The minimum absolute atomic E-state index is 0.169. The van der Waals surface area contributed by atoms with E-state index in [1.165, 1.54) is 16.0 Å². The molecule has 0 bridgehead atoms. The van der Waals surface area contributed by atoms with Gasteiger partial charge in [-0.15, -0.1) is 0 Å². The number of carbonyl (C=O) groups is 1. The molecule has 2 aliphatic rings. The van der Waals surface area contributed by atoms with Gasteiger partial charge in [-0.1, -0.05) is 36.4 Å². The van der Waals surface area contributed by atoms with Crippen molar-refractivity contribution in [1.82, 2.24) is 5.32 Å². The normalized spacial score (nSPS) is 19.8. The Labute approximate surface area is 167 Å². The molecule has 2 aromatic carbocycles. The predicted octanol–water partition coefficient (Wildman–Crippen LogP) is 1.59. The predicted molar refractivity (Wildman–Crippen MR) is 111 cm³/mol. The number of hydrogen-bond donors (Lipinski definition) is 2. The third-order valence-corrected chi connectivity index (χ3v) is 6.01. The lowest BCUT2D eigenvalue weighted by Crippen LogP contribution is -3.16. The van der Waals surface area contributed by atoms with Crippen molar-refractivity contribution < 1.29 is 14.4 Å². The van der Waals surface area contributed by atoms with Gasteiger partial charge in [-0.25, -0.2) is 0 Å². The molecule has 1 amide bonds. The van der Waals surface area contributed by atoms with Gasteiger partial charge in [-0.2, -0.15) is 0 Å². The summed E-state index contributed by atoms with van der Waals surface area (Å²) in [5.41, 5.74) is 3.84. The quantitative estimate of drug-likeness (QED) is 0.828. The first kappa shape index (κ1) is 18.8. The van der Waals surface area contributed by atoms with E-state index < -0.39 is 0 Å². The van der Waals surface area contributed by atoms with E-state index in [0.717, 1.165) is 56.9 Å². The molecule has 2 N–H and O–H groups in total. The Hall–Kier alpha value is -2.53. The number of carbonyl (C=O) groups excluding carboxylic acids is 1. The lowest BCUT2D eigenvalue weighted by Gasteiger charge is -2.34. The maximum absolute atomic E-state index is 12.7. The molecule has 0 aromatic heterocycles. The van der Waals surface area contributed by atoms with Crippen LogP contribution in [0.5, 0.6) is 5.75 Å². The van der Waals surface area contributed by atoms with Gasteiger partial charge >= 0.3 is 0 Å². The summed E-state index contributed by atoms with van der Waals surface area (Å²) in [4.78, 5) is 16.4. The summed E-state index contributed by atoms with van der Waals surface area (Å²) in [6, 6.07) is 16.9. The van der Waals surface area contributed by atoms with Crippen LogP contribution in [0.4, 0.5) is 5.69 Å². The molecule has 0 spiro atoms. The molecular formula is C23H30N3O2+. The molecule has 1 heterocycles. The van der Waals surface area contributed by atoms with E-state index in [1.54, 1.807) is 7.11 Å². The SMILES string of the molecule is COc1ccccc1N1CC[NH+](CC(=O)N[C@@H]2CCCc3ccccc32)CC1. The number of anilines is 1. The third-order valence-electron chi connectivity index (χ3n) is 6.01. The zero-order chi connectivity index (χ0) is 19.3. The Balaban J connectivity index is 1.30. The first-order valence-electron chi connectivity index (χ1n) is 10.3. The summed E-state index contributed by atoms with van der Waals surface area (Å²) in [5.74, 6) is 1.09. The van der Waals surface area contributed by atoms with Crippen LogP contribution < -0.4 is 19.9 Å². The number of nitrogens with one attached hydrogen (secondary N) is 2. The van der Waals surface area contributed by atoms with Crippen LogP contribution in [0.1, 0.15) is 30.0 Å². The van der Waals surface area contributed by atoms with Gasteiger partial charge in [-0.05, 0) is 42.5 Å². The number of aryl methyl sites for hydroxylation is 1. The molecule has 1 aliphatic heterocycles. The molecular weight excluding hydrogens is 350 g/mol. The van der Waals surface area contributed by atoms with Crippen LogP contribution in [-0.2, 0) is 11.2 Å². The molecule has 0 radical (unpaired) electrons. The first-order valence-corrected chi connectivity index (χ1v) is 10.3. The average molecular weight is 381 g/mol. The summed E-state index contributed by atoms with van der Waals surface area (Å²) in [6.07, 6.45) is 3.31. The molecule has 5 nitrogen and oxygen atoms in total. The summed E-state index contributed by atoms with van der Waals surface area (Å²) < 4.78 is 5.49. The van der Waals surface area contributed by atoms with Gasteiger partial charge in [-0.3, -0.25) is 4.79 Å². The zero-order valence-electron chi connectivity index (χ0n) is 16.6. The summed E-state index contributed by atoms with van der Waals surface area (Å²) in [5, 5.41) is 3.29. The van der Waals surface area contributed by atoms with Crippen molar-refractivity contribution in [3.63, 3.8) is 0 Å². The lowest BCUT2D eigenvalue weighted by molar-refractivity contribution is -0.892. The number of rotatable bonds is 5. The van der Waals surface area contributed by atoms with Gasteiger partial charge in [0.15, 0.2) is 6.54 Å².